The minimum Gasteiger partial charge on any atom is -0.469 e. The Bertz CT molecular complexity index is 475. The van der Waals surface area contributed by atoms with Gasteiger partial charge < -0.3 is 15.2 Å². The lowest BCUT2D eigenvalue weighted by atomic mass is 9.97. The van der Waals surface area contributed by atoms with Crippen molar-refractivity contribution in [3.8, 4) is 0 Å². The average Bonchev–Trinajstić information content (AvgIpc) is 2.45. The summed E-state index contributed by atoms with van der Waals surface area (Å²) in [4.78, 5) is 22.7. The SMILES string of the molecule is COC(=O)CC(O)CNC(=O)CC(C)c1ccc(F)cc1. The van der Waals surface area contributed by atoms with E-state index in [1.165, 1.54) is 19.2 Å². The molecule has 0 saturated heterocycles. The van der Waals surface area contributed by atoms with Crippen LogP contribution in [0.4, 0.5) is 4.39 Å². The van der Waals surface area contributed by atoms with Crippen molar-refractivity contribution in [2.45, 2.75) is 31.8 Å². The Hall–Kier alpha value is -1.95. The minimum atomic E-state index is -0.970. The molecule has 0 radical (unpaired) electrons. The monoisotopic (exact) mass is 297 g/mol. The maximum absolute atomic E-state index is 12.8. The van der Waals surface area contributed by atoms with Gasteiger partial charge in [-0.3, -0.25) is 9.59 Å². The summed E-state index contributed by atoms with van der Waals surface area (Å²) in [5, 5.41) is 12.1. The maximum Gasteiger partial charge on any atom is 0.308 e. The molecule has 21 heavy (non-hydrogen) atoms. The lowest BCUT2D eigenvalue weighted by Crippen LogP contribution is -2.34. The van der Waals surface area contributed by atoms with Crippen molar-refractivity contribution in [1.82, 2.24) is 5.32 Å². The van der Waals surface area contributed by atoms with Crippen molar-refractivity contribution >= 4 is 11.9 Å². The topological polar surface area (TPSA) is 75.6 Å². The van der Waals surface area contributed by atoms with Crippen LogP contribution < -0.4 is 5.32 Å². The zero-order valence-electron chi connectivity index (χ0n) is 12.1. The molecular formula is C15H20FNO4. The fourth-order valence-corrected chi connectivity index (χ4v) is 1.84. The molecule has 0 aliphatic heterocycles. The highest BCUT2D eigenvalue weighted by atomic mass is 19.1. The van der Waals surface area contributed by atoms with Crippen LogP contribution >= 0.6 is 0 Å². The van der Waals surface area contributed by atoms with Gasteiger partial charge in [0.1, 0.15) is 5.82 Å². The van der Waals surface area contributed by atoms with Crippen molar-refractivity contribution in [3.63, 3.8) is 0 Å². The number of hydrogen-bond acceptors (Lipinski definition) is 4. The van der Waals surface area contributed by atoms with E-state index in [9.17, 15) is 19.1 Å². The third-order valence-electron chi connectivity index (χ3n) is 3.10. The molecule has 1 rings (SSSR count). The Balaban J connectivity index is 2.36. The number of amides is 1. The second-order valence-electron chi connectivity index (χ2n) is 4.89. The van der Waals surface area contributed by atoms with Gasteiger partial charge >= 0.3 is 5.97 Å². The maximum atomic E-state index is 12.8. The number of methoxy groups -OCH3 is 1. The molecule has 1 amide bonds. The van der Waals surface area contributed by atoms with Crippen molar-refractivity contribution in [1.29, 1.82) is 0 Å². The number of nitrogens with one attached hydrogen (secondary N) is 1. The molecule has 2 unspecified atom stereocenters. The van der Waals surface area contributed by atoms with Crippen LogP contribution in [0.25, 0.3) is 0 Å². The molecule has 0 saturated carbocycles. The van der Waals surface area contributed by atoms with Gasteiger partial charge in [-0.1, -0.05) is 19.1 Å². The minimum absolute atomic E-state index is 0.00985. The van der Waals surface area contributed by atoms with Crippen molar-refractivity contribution in [3.05, 3.63) is 35.6 Å². The second-order valence-corrected chi connectivity index (χ2v) is 4.89. The Kier molecular flexibility index (Phi) is 6.81. The summed E-state index contributed by atoms with van der Waals surface area (Å²) in [6.45, 7) is 1.85. The lowest BCUT2D eigenvalue weighted by Gasteiger charge is -2.14. The van der Waals surface area contributed by atoms with Gasteiger partial charge in [-0.25, -0.2) is 4.39 Å². The predicted molar refractivity (Wildman–Crippen MR) is 75.1 cm³/mol. The molecule has 0 aromatic heterocycles. The number of carbonyl (C=O) groups is 2. The molecule has 1 aromatic rings. The van der Waals surface area contributed by atoms with E-state index in [2.05, 4.69) is 10.1 Å². The first kappa shape index (κ1) is 17.1. The van der Waals surface area contributed by atoms with Gasteiger partial charge in [0.05, 0.1) is 19.6 Å². The number of aliphatic hydroxyl groups is 1. The molecule has 116 valence electrons. The summed E-state index contributed by atoms with van der Waals surface area (Å²) < 4.78 is 17.2. The number of ether oxygens (including phenoxy) is 1. The summed E-state index contributed by atoms with van der Waals surface area (Å²) >= 11 is 0. The highest BCUT2D eigenvalue weighted by Gasteiger charge is 2.14. The fraction of sp³-hybridized carbons (Fsp3) is 0.467. The van der Waals surface area contributed by atoms with Gasteiger partial charge in [-0.05, 0) is 23.6 Å². The van der Waals surface area contributed by atoms with E-state index in [-0.39, 0.29) is 37.0 Å². The average molecular weight is 297 g/mol. The van der Waals surface area contributed by atoms with Crippen LogP contribution in [0.5, 0.6) is 0 Å². The number of aliphatic hydroxyl groups excluding tert-OH is 1. The predicted octanol–water partition coefficient (Wildman–Crippen LogP) is 1.36. The second kappa shape index (κ2) is 8.36. The third kappa shape index (κ3) is 6.35. The number of hydrogen-bond donors (Lipinski definition) is 2. The first-order chi connectivity index (χ1) is 9.92. The van der Waals surface area contributed by atoms with Crippen LogP contribution in [0.1, 0.15) is 31.2 Å². The van der Waals surface area contributed by atoms with Gasteiger partial charge in [-0.15, -0.1) is 0 Å². The van der Waals surface area contributed by atoms with E-state index >= 15 is 0 Å². The third-order valence-corrected chi connectivity index (χ3v) is 3.10. The smallest absolute Gasteiger partial charge is 0.308 e. The first-order valence-corrected chi connectivity index (χ1v) is 6.69. The van der Waals surface area contributed by atoms with Crippen molar-refractivity contribution < 1.29 is 23.8 Å². The Morgan fingerprint density at radius 2 is 1.90 bits per heavy atom. The van der Waals surface area contributed by atoms with Gasteiger partial charge in [0.2, 0.25) is 5.91 Å². The molecule has 2 N–H and O–H groups in total. The number of halogens is 1. The summed E-state index contributed by atoms with van der Waals surface area (Å²) in [7, 11) is 1.23. The molecular weight excluding hydrogens is 277 g/mol. The van der Waals surface area contributed by atoms with Gasteiger partial charge in [0.25, 0.3) is 0 Å². The number of esters is 1. The number of benzene rings is 1. The van der Waals surface area contributed by atoms with E-state index in [0.29, 0.717) is 0 Å². The molecule has 0 aliphatic carbocycles. The van der Waals surface area contributed by atoms with Crippen LogP contribution in [-0.2, 0) is 14.3 Å². The lowest BCUT2D eigenvalue weighted by molar-refractivity contribution is -0.143. The summed E-state index contributed by atoms with van der Waals surface area (Å²) in [6.07, 6.45) is -0.913. The molecule has 0 spiro atoms. The largest absolute Gasteiger partial charge is 0.469 e. The number of carbonyl (C=O) groups excluding carboxylic acids is 2. The zero-order chi connectivity index (χ0) is 15.8. The Morgan fingerprint density at radius 3 is 2.48 bits per heavy atom. The van der Waals surface area contributed by atoms with Gasteiger partial charge in [-0.2, -0.15) is 0 Å². The van der Waals surface area contributed by atoms with Crippen LogP contribution in [0.3, 0.4) is 0 Å². The van der Waals surface area contributed by atoms with E-state index in [1.807, 2.05) is 6.92 Å². The highest BCUT2D eigenvalue weighted by Crippen LogP contribution is 2.18. The Morgan fingerprint density at radius 1 is 1.29 bits per heavy atom. The van der Waals surface area contributed by atoms with Crippen LogP contribution in [0.2, 0.25) is 0 Å². The standard InChI is InChI=1S/C15H20FNO4/c1-10(11-3-5-12(16)6-4-11)7-14(19)17-9-13(18)8-15(20)21-2/h3-6,10,13,18H,7-9H2,1-2H3,(H,17,19). The van der Waals surface area contributed by atoms with Crippen LogP contribution in [0, 0.1) is 5.82 Å². The zero-order valence-corrected chi connectivity index (χ0v) is 12.1. The van der Waals surface area contributed by atoms with Gasteiger partial charge in [0, 0.05) is 13.0 Å². The van der Waals surface area contributed by atoms with Crippen LogP contribution in [0.15, 0.2) is 24.3 Å². The van der Waals surface area contributed by atoms with E-state index in [0.717, 1.165) is 5.56 Å². The first-order valence-electron chi connectivity index (χ1n) is 6.69. The van der Waals surface area contributed by atoms with E-state index < -0.39 is 12.1 Å². The molecule has 5 nitrogen and oxygen atoms in total. The van der Waals surface area contributed by atoms with Crippen molar-refractivity contribution in [2.24, 2.45) is 0 Å². The summed E-state index contributed by atoms with van der Waals surface area (Å²) in [5.41, 5.74) is 0.863. The molecule has 2 atom stereocenters. The van der Waals surface area contributed by atoms with Crippen molar-refractivity contribution in [2.75, 3.05) is 13.7 Å². The summed E-state index contributed by atoms with van der Waals surface area (Å²) in [6, 6.07) is 5.98. The molecule has 0 aliphatic rings. The van der Waals surface area contributed by atoms with Gasteiger partial charge in [0.15, 0.2) is 0 Å². The summed E-state index contributed by atoms with van der Waals surface area (Å²) in [5.74, 6) is -1.16. The Labute approximate surface area is 123 Å². The quantitative estimate of drug-likeness (QED) is 0.745. The van der Waals surface area contributed by atoms with E-state index in [4.69, 9.17) is 0 Å². The molecule has 1 aromatic carbocycles. The molecule has 0 bridgehead atoms. The molecule has 0 heterocycles. The van der Waals surface area contributed by atoms with Crippen LogP contribution in [-0.4, -0.2) is 36.7 Å². The highest BCUT2D eigenvalue weighted by molar-refractivity contribution is 5.77. The number of rotatable bonds is 7. The normalized spacial score (nSPS) is 13.3. The molecule has 0 fully saturated rings. The fourth-order valence-electron chi connectivity index (χ4n) is 1.84. The van der Waals surface area contributed by atoms with E-state index in [1.54, 1.807) is 12.1 Å². The molecule has 6 heteroatoms.